The molecule has 0 radical (unpaired) electrons. The zero-order valence-electron chi connectivity index (χ0n) is 33.9. The number of hydrogen-bond donors (Lipinski definition) is 5. The molecule has 12 nitrogen and oxygen atoms in total. The average molecular weight is 810 g/mol. The number of rotatable bonds is 33. The Morgan fingerprint density at radius 3 is 2.11 bits per heavy atom. The molecule has 0 aromatic rings. The van der Waals surface area contributed by atoms with E-state index in [1.54, 1.807) is 6.08 Å². The minimum Gasteiger partial charge on any atom is -0.462 e. The fourth-order valence-corrected chi connectivity index (χ4v) is 6.79. The first-order valence-corrected chi connectivity index (χ1v) is 22.2. The van der Waals surface area contributed by atoms with Gasteiger partial charge in [0.15, 0.2) is 6.10 Å². The second kappa shape index (κ2) is 33.3. The lowest BCUT2D eigenvalue weighted by molar-refractivity contribution is -0.161. The summed E-state index contributed by atoms with van der Waals surface area (Å²) >= 11 is 0. The minimum absolute atomic E-state index is 0.00776. The molecule has 6 N–H and O–H groups in total. The molecule has 0 amide bonds. The number of phosphoric ester groups is 1. The molecule has 0 heterocycles. The van der Waals surface area contributed by atoms with E-state index >= 15 is 0 Å². The Bertz CT molecular complexity index is 1260. The third-order valence-electron chi connectivity index (χ3n) is 9.15. The average Bonchev–Trinajstić information content (AvgIpc) is 3.44. The van der Waals surface area contributed by atoms with Crippen molar-refractivity contribution in [3.8, 4) is 0 Å². The maximum atomic E-state index is 12.6. The highest BCUT2D eigenvalue weighted by Gasteiger charge is 2.39. The summed E-state index contributed by atoms with van der Waals surface area (Å²) in [6, 6.07) is 0. The molecule has 0 spiro atoms. The van der Waals surface area contributed by atoms with Crippen molar-refractivity contribution in [2.45, 2.75) is 147 Å². The monoisotopic (exact) mass is 809 g/mol. The van der Waals surface area contributed by atoms with Crippen molar-refractivity contribution < 1.29 is 52.9 Å². The number of ether oxygens (including phenoxy) is 2. The van der Waals surface area contributed by atoms with E-state index in [1.807, 2.05) is 18.2 Å². The molecular weight excluding hydrogens is 737 g/mol. The lowest BCUT2D eigenvalue weighted by atomic mass is 9.89. The largest absolute Gasteiger partial charge is 0.472 e. The van der Waals surface area contributed by atoms with Gasteiger partial charge in [-0.3, -0.25) is 18.6 Å². The van der Waals surface area contributed by atoms with Crippen LogP contribution in [0.3, 0.4) is 0 Å². The first-order chi connectivity index (χ1) is 27.0. The zero-order chi connectivity index (χ0) is 41.3. The van der Waals surface area contributed by atoms with Crippen molar-refractivity contribution >= 4 is 19.8 Å². The van der Waals surface area contributed by atoms with E-state index in [-0.39, 0.29) is 50.9 Å². The van der Waals surface area contributed by atoms with Gasteiger partial charge >= 0.3 is 19.8 Å². The number of hydrogen-bond acceptors (Lipinski definition) is 11. The Morgan fingerprint density at radius 1 is 0.786 bits per heavy atom. The fraction of sp³-hybridized carbons (Fsp3) is 0.674. The number of aliphatic hydroxyl groups excluding tert-OH is 3. The zero-order valence-corrected chi connectivity index (χ0v) is 34.8. The Labute approximate surface area is 336 Å². The predicted molar refractivity (Wildman–Crippen MR) is 221 cm³/mol. The van der Waals surface area contributed by atoms with E-state index in [0.717, 1.165) is 57.8 Å². The van der Waals surface area contributed by atoms with Gasteiger partial charge in [-0.15, -0.1) is 0 Å². The molecule has 1 aliphatic rings. The molecule has 0 saturated heterocycles. The molecule has 56 heavy (non-hydrogen) atoms. The fourth-order valence-electron chi connectivity index (χ4n) is 6.03. The second-order valence-electron chi connectivity index (χ2n) is 14.1. The smallest absolute Gasteiger partial charge is 0.462 e. The molecule has 1 unspecified atom stereocenters. The number of aliphatic hydroxyl groups is 3. The van der Waals surface area contributed by atoms with Gasteiger partial charge in [0, 0.05) is 31.7 Å². The lowest BCUT2D eigenvalue weighted by Crippen LogP contribution is -2.29. The van der Waals surface area contributed by atoms with Gasteiger partial charge in [0.1, 0.15) is 6.61 Å². The Balaban J connectivity index is 2.47. The number of nitrogens with two attached hydrogens (primary N) is 1. The highest BCUT2D eigenvalue weighted by molar-refractivity contribution is 7.47. The van der Waals surface area contributed by atoms with Crippen molar-refractivity contribution in [2.24, 2.45) is 17.6 Å². The van der Waals surface area contributed by atoms with Gasteiger partial charge in [0.2, 0.25) is 0 Å². The number of allylic oxidation sites excluding steroid dienone is 10. The van der Waals surface area contributed by atoms with Crippen LogP contribution in [-0.4, -0.2) is 82.9 Å². The molecule has 320 valence electrons. The number of carbonyl (C=O) groups is 2. The van der Waals surface area contributed by atoms with Gasteiger partial charge in [-0.05, 0) is 76.5 Å². The van der Waals surface area contributed by atoms with E-state index < -0.39 is 50.8 Å². The van der Waals surface area contributed by atoms with Crippen LogP contribution in [0, 0.1) is 11.8 Å². The highest BCUT2D eigenvalue weighted by Crippen LogP contribution is 2.43. The normalized spacial score (nSPS) is 21.3. The van der Waals surface area contributed by atoms with Gasteiger partial charge in [-0.1, -0.05) is 106 Å². The van der Waals surface area contributed by atoms with E-state index in [9.17, 15) is 34.4 Å². The Morgan fingerprint density at radius 2 is 1.43 bits per heavy atom. The molecule has 1 aliphatic carbocycles. The summed E-state index contributed by atoms with van der Waals surface area (Å²) in [5.41, 5.74) is 5.33. The molecule has 7 atom stereocenters. The SMILES string of the molecule is CC/C=C\C/C=C\C/C=C\C/C=C\CCCCC(=O)O[C@H](COC(=O)CCC/C=C/C[C@@H]1[C@@H](/C=C/[C@@H](O)CCCCC)[C@H](O)C[C@@H]1O)COP(=O)(O)OCCN. The summed E-state index contributed by atoms with van der Waals surface area (Å²) in [7, 11) is -4.45. The standard InChI is InChI=1S/C43H72NO11P/c1-3-5-7-8-9-10-11-12-13-14-15-16-17-18-24-28-43(49)55-37(35-54-56(50,51)53-32-31-44)34-52-42(48)27-23-20-19-22-26-38-39(41(47)33-40(38)46)30-29-36(45)25-21-6-4-2/h5,7,9-10,12-13,15-16,19,22,29-30,36-41,45-47H,3-4,6,8,11,14,17-18,20-21,23-28,31-35,44H2,1-2H3,(H,50,51)/b7-5-,10-9-,13-12-,16-15-,22-19+,30-29+/t36-,37+,38+,39+,40-,41+/m0/s1. The topological polar surface area (TPSA) is 195 Å². The van der Waals surface area contributed by atoms with E-state index in [1.165, 1.54) is 0 Å². The van der Waals surface area contributed by atoms with Gasteiger partial charge in [0.25, 0.3) is 0 Å². The lowest BCUT2D eigenvalue weighted by Gasteiger charge is -2.20. The molecule has 1 saturated carbocycles. The maximum Gasteiger partial charge on any atom is 0.472 e. The minimum atomic E-state index is -4.45. The van der Waals surface area contributed by atoms with Crippen molar-refractivity contribution in [2.75, 3.05) is 26.4 Å². The summed E-state index contributed by atoms with van der Waals surface area (Å²) < 4.78 is 32.6. The molecule has 0 aromatic carbocycles. The first-order valence-electron chi connectivity index (χ1n) is 20.7. The van der Waals surface area contributed by atoms with Crippen molar-refractivity contribution in [1.82, 2.24) is 0 Å². The molecule has 0 bridgehead atoms. The van der Waals surface area contributed by atoms with Gasteiger partial charge in [0.05, 0.1) is 31.5 Å². The molecule has 1 rings (SSSR count). The van der Waals surface area contributed by atoms with Crippen LogP contribution in [-0.2, 0) is 32.7 Å². The van der Waals surface area contributed by atoms with Crippen LogP contribution in [0.1, 0.15) is 123 Å². The van der Waals surface area contributed by atoms with E-state index in [4.69, 9.17) is 24.3 Å². The maximum absolute atomic E-state index is 12.6. The van der Waals surface area contributed by atoms with Crippen LogP contribution >= 0.6 is 7.82 Å². The predicted octanol–water partition coefficient (Wildman–Crippen LogP) is 7.87. The third-order valence-corrected chi connectivity index (χ3v) is 10.1. The van der Waals surface area contributed by atoms with E-state index in [2.05, 4.69) is 62.5 Å². The number of carbonyl (C=O) groups excluding carboxylic acids is 2. The van der Waals surface area contributed by atoms with E-state index in [0.29, 0.717) is 32.1 Å². The van der Waals surface area contributed by atoms with Crippen LogP contribution in [0.2, 0.25) is 0 Å². The summed E-state index contributed by atoms with van der Waals surface area (Å²) in [5, 5.41) is 31.2. The molecule has 13 heteroatoms. The number of esters is 2. The Kier molecular flexibility index (Phi) is 30.5. The van der Waals surface area contributed by atoms with Gasteiger partial charge in [-0.2, -0.15) is 0 Å². The highest BCUT2D eigenvalue weighted by atomic mass is 31.2. The van der Waals surface area contributed by atoms with Gasteiger partial charge in [-0.25, -0.2) is 4.57 Å². The quantitative estimate of drug-likeness (QED) is 0.0187. The first kappa shape index (κ1) is 51.3. The number of unbranched alkanes of at least 4 members (excludes halogenated alkanes) is 5. The second-order valence-corrected chi connectivity index (χ2v) is 15.5. The van der Waals surface area contributed by atoms with Crippen molar-refractivity contribution in [3.63, 3.8) is 0 Å². The summed E-state index contributed by atoms with van der Waals surface area (Å²) in [6.45, 7) is 3.16. The molecule has 0 aliphatic heterocycles. The van der Waals surface area contributed by atoms with Gasteiger partial charge < -0.3 is 35.4 Å². The molecule has 1 fully saturated rings. The summed E-state index contributed by atoms with van der Waals surface area (Å²) in [4.78, 5) is 35.0. The van der Waals surface area contributed by atoms with Crippen LogP contribution < -0.4 is 5.73 Å². The summed E-state index contributed by atoms with van der Waals surface area (Å²) in [5.74, 6) is -1.49. The van der Waals surface area contributed by atoms with Crippen molar-refractivity contribution in [3.05, 3.63) is 72.9 Å². The Hall–Kier alpha value is -2.67. The van der Waals surface area contributed by atoms with Crippen LogP contribution in [0.15, 0.2) is 72.9 Å². The third kappa shape index (κ3) is 27.1. The molecule has 0 aromatic heterocycles. The molecular formula is C43H72NO11P. The van der Waals surface area contributed by atoms with Crippen LogP contribution in [0.5, 0.6) is 0 Å². The number of phosphoric acid groups is 1. The van der Waals surface area contributed by atoms with Crippen LogP contribution in [0.4, 0.5) is 0 Å². The van der Waals surface area contributed by atoms with Crippen molar-refractivity contribution in [1.29, 1.82) is 0 Å². The summed E-state index contributed by atoms with van der Waals surface area (Å²) in [6.07, 6.45) is 33.2. The van der Waals surface area contributed by atoms with Crippen LogP contribution in [0.25, 0.3) is 0 Å².